The molecule has 0 amide bonds. The molecule has 0 N–H and O–H groups in total. The second-order valence-corrected chi connectivity index (χ2v) is 28.7. The Balaban J connectivity index is 1.13. The molecule has 0 atom stereocenters. The van der Waals surface area contributed by atoms with E-state index in [9.17, 15) is 0 Å². The SMILES string of the molecule is CC(C)(C)c1ccc2c(c1)c1cc(C(C)(C)C)cc3c1n2B1c2cc(-c4ccc5c(c4)C(C)(C)CCC5(C)C)cc4c5cc(-c6ccc7c(c6)C(C)(C)CCC7(C)C)cc6c7c(-c8ccccc8)cc-3c1c7n(c24)c56. The first-order valence-electron chi connectivity index (χ1n) is 28.3. The summed E-state index contributed by atoms with van der Waals surface area (Å²) < 4.78 is 5.57. The Morgan fingerprint density at radius 2 is 0.920 bits per heavy atom. The molecule has 0 radical (unpaired) electrons. The molecule has 0 saturated carbocycles. The van der Waals surface area contributed by atoms with Gasteiger partial charge in [0, 0.05) is 48.9 Å². The second-order valence-electron chi connectivity index (χ2n) is 28.7. The predicted octanol–water partition coefficient (Wildman–Crippen LogP) is 18.2. The van der Waals surface area contributed by atoms with E-state index in [0.717, 1.165) is 0 Å². The lowest BCUT2D eigenvalue weighted by atomic mass is 9.45. The summed E-state index contributed by atoms with van der Waals surface area (Å²) in [7, 11) is 0. The third kappa shape index (κ3) is 6.05. The van der Waals surface area contributed by atoms with Crippen molar-refractivity contribution in [3.8, 4) is 44.5 Å². The van der Waals surface area contributed by atoms with Crippen LogP contribution in [-0.4, -0.2) is 15.7 Å². The van der Waals surface area contributed by atoms with Gasteiger partial charge < -0.3 is 8.88 Å². The first-order valence-corrected chi connectivity index (χ1v) is 28.3. The molecule has 0 unspecified atom stereocenters. The van der Waals surface area contributed by atoms with Crippen LogP contribution in [0.4, 0.5) is 0 Å². The molecule has 2 nitrogen and oxygen atoms in total. The van der Waals surface area contributed by atoms with Crippen LogP contribution in [0.1, 0.15) is 156 Å². The highest BCUT2D eigenvalue weighted by molar-refractivity contribution is 6.91. The monoisotopic (exact) mass is 975 g/mol. The van der Waals surface area contributed by atoms with E-state index in [1.54, 1.807) is 0 Å². The van der Waals surface area contributed by atoms with Crippen LogP contribution in [0.2, 0.25) is 0 Å². The molecule has 11 aromatic rings. The zero-order valence-electron chi connectivity index (χ0n) is 46.9. The summed E-state index contributed by atoms with van der Waals surface area (Å²) in [5.74, 6) is 0. The minimum absolute atomic E-state index is 0.00795. The van der Waals surface area contributed by atoms with Crippen LogP contribution in [0.25, 0.3) is 104 Å². The van der Waals surface area contributed by atoms with Crippen molar-refractivity contribution in [2.24, 2.45) is 0 Å². The molecule has 15 rings (SSSR count). The summed E-state index contributed by atoms with van der Waals surface area (Å²) in [5, 5.41) is 8.16. The van der Waals surface area contributed by atoms with E-state index in [0.29, 0.717) is 0 Å². The van der Waals surface area contributed by atoms with E-state index in [4.69, 9.17) is 0 Å². The first-order chi connectivity index (χ1) is 35.4. The van der Waals surface area contributed by atoms with Crippen LogP contribution in [0.5, 0.6) is 0 Å². The zero-order valence-corrected chi connectivity index (χ0v) is 46.9. The maximum absolute atomic E-state index is 2.81. The molecule has 5 heterocycles. The van der Waals surface area contributed by atoms with Gasteiger partial charge in [-0.3, -0.25) is 0 Å². The third-order valence-electron chi connectivity index (χ3n) is 20.0. The molecule has 75 heavy (non-hydrogen) atoms. The topological polar surface area (TPSA) is 9.34 Å². The highest BCUT2D eigenvalue weighted by Gasteiger charge is 2.45. The van der Waals surface area contributed by atoms with Gasteiger partial charge in [-0.25, -0.2) is 0 Å². The van der Waals surface area contributed by atoms with Crippen molar-refractivity contribution in [2.75, 3.05) is 0 Å². The van der Waals surface area contributed by atoms with Gasteiger partial charge >= 0.3 is 6.85 Å². The molecule has 4 aliphatic rings. The summed E-state index contributed by atoms with van der Waals surface area (Å²) in [6.07, 6.45) is 4.80. The number of nitrogens with zero attached hydrogens (tertiary/aromatic N) is 2. The van der Waals surface area contributed by atoms with Crippen LogP contribution < -0.4 is 10.9 Å². The molecular formula is C72H71BN2. The van der Waals surface area contributed by atoms with Gasteiger partial charge in [0.25, 0.3) is 0 Å². The van der Waals surface area contributed by atoms with Gasteiger partial charge in [-0.05, 0) is 190 Å². The molecule has 0 fully saturated rings. The first kappa shape index (κ1) is 45.8. The molecule has 3 aromatic heterocycles. The molecule has 0 bridgehead atoms. The fourth-order valence-corrected chi connectivity index (χ4v) is 15.3. The van der Waals surface area contributed by atoms with Gasteiger partial charge in [-0.1, -0.05) is 176 Å². The van der Waals surface area contributed by atoms with E-state index in [1.807, 2.05) is 0 Å². The smallest absolute Gasteiger partial charge is 0.333 e. The number of fused-ring (bicyclic) bond motifs is 10. The van der Waals surface area contributed by atoms with Crippen molar-refractivity contribution in [3.63, 3.8) is 0 Å². The number of hydrogen-bond donors (Lipinski definition) is 0. The Labute approximate surface area is 444 Å². The van der Waals surface area contributed by atoms with E-state index in [1.165, 1.54) is 174 Å². The molecule has 2 aliphatic carbocycles. The van der Waals surface area contributed by atoms with Crippen molar-refractivity contribution in [2.45, 2.75) is 155 Å². The van der Waals surface area contributed by atoms with Crippen LogP contribution >= 0.6 is 0 Å². The quantitative estimate of drug-likeness (QED) is 0.156. The normalized spacial score (nSPS) is 17.9. The summed E-state index contributed by atoms with van der Waals surface area (Å²) in [6, 6.07) is 52.0. The summed E-state index contributed by atoms with van der Waals surface area (Å²) in [6.45, 7) is 33.9. The van der Waals surface area contributed by atoms with Crippen molar-refractivity contribution in [3.05, 3.63) is 161 Å². The molecule has 372 valence electrons. The Morgan fingerprint density at radius 1 is 0.387 bits per heavy atom. The molecule has 2 aliphatic heterocycles. The average Bonchev–Trinajstić information content (AvgIpc) is 4.06. The molecule has 0 spiro atoms. The highest BCUT2D eigenvalue weighted by Crippen LogP contribution is 2.54. The van der Waals surface area contributed by atoms with E-state index >= 15 is 0 Å². The van der Waals surface area contributed by atoms with Crippen molar-refractivity contribution in [1.29, 1.82) is 0 Å². The lowest BCUT2D eigenvalue weighted by molar-refractivity contribution is 0.332. The maximum Gasteiger partial charge on any atom is 0.333 e. The Morgan fingerprint density at radius 3 is 1.52 bits per heavy atom. The Kier molecular flexibility index (Phi) is 8.71. The van der Waals surface area contributed by atoms with E-state index in [2.05, 4.69) is 233 Å². The minimum Gasteiger partial charge on any atom is -0.375 e. The molecule has 0 saturated heterocycles. The number of benzene rings is 8. The van der Waals surface area contributed by atoms with Crippen LogP contribution in [-0.2, 0) is 32.5 Å². The van der Waals surface area contributed by atoms with Crippen LogP contribution in [0.15, 0.2) is 127 Å². The average molecular weight is 975 g/mol. The van der Waals surface area contributed by atoms with E-state index < -0.39 is 0 Å². The Hall–Kier alpha value is -6.58. The van der Waals surface area contributed by atoms with Gasteiger partial charge in [-0.2, -0.15) is 0 Å². The van der Waals surface area contributed by atoms with E-state index in [-0.39, 0.29) is 39.3 Å². The van der Waals surface area contributed by atoms with Crippen molar-refractivity contribution in [1.82, 2.24) is 8.88 Å². The molecular weight excluding hydrogens is 904 g/mol. The standard InChI is InChI=1S/C72H71BN2/c1-67(2,3)45-22-25-60-48(36-45)52-37-46(68(4,5)6)38-53-49-39-47(40-18-16-15-17-19-40)61-54-32-43(41-20-23-55-57(33-41)71(11,12)28-26-69(55,7)8)30-50-51-31-44(42-21-24-56-58(34-42)72(13,14)29-27-70(56,9)10)35-59-65(51)74(63(50)54)66(61)62(49)73(59)75(60)64(52)53/h15-25,30-39H,26-29H2,1-14H3. The van der Waals surface area contributed by atoms with Gasteiger partial charge in [-0.15, -0.1) is 0 Å². The Bertz CT molecular complexity index is 4360. The minimum atomic E-state index is -0.0545. The van der Waals surface area contributed by atoms with Crippen molar-refractivity contribution >= 4 is 77.7 Å². The van der Waals surface area contributed by atoms with Crippen molar-refractivity contribution < 1.29 is 0 Å². The van der Waals surface area contributed by atoms with Gasteiger partial charge in [0.15, 0.2) is 0 Å². The molecule has 3 heteroatoms. The van der Waals surface area contributed by atoms with Gasteiger partial charge in [0.05, 0.1) is 16.6 Å². The second kappa shape index (κ2) is 14.3. The third-order valence-corrected chi connectivity index (χ3v) is 20.0. The summed E-state index contributed by atoms with van der Waals surface area (Å²) in [5.41, 5.74) is 29.4. The zero-order chi connectivity index (χ0) is 52.0. The largest absolute Gasteiger partial charge is 0.375 e. The fraction of sp³-hybridized carbons (Fsp3) is 0.333. The lowest BCUT2D eigenvalue weighted by Gasteiger charge is -2.42. The van der Waals surface area contributed by atoms with Gasteiger partial charge in [0.2, 0.25) is 0 Å². The summed E-state index contributed by atoms with van der Waals surface area (Å²) >= 11 is 0. The predicted molar refractivity (Wildman–Crippen MR) is 324 cm³/mol. The number of hydrogen-bond acceptors (Lipinski definition) is 0. The summed E-state index contributed by atoms with van der Waals surface area (Å²) in [4.78, 5) is 0. The fourth-order valence-electron chi connectivity index (χ4n) is 15.3. The maximum atomic E-state index is 2.81. The molecule has 8 aromatic carbocycles. The van der Waals surface area contributed by atoms with Crippen LogP contribution in [0, 0.1) is 0 Å². The highest BCUT2D eigenvalue weighted by atomic mass is 15.0. The van der Waals surface area contributed by atoms with Crippen LogP contribution in [0.3, 0.4) is 0 Å². The number of aromatic nitrogens is 2. The lowest BCUT2D eigenvalue weighted by Crippen LogP contribution is -2.54. The van der Waals surface area contributed by atoms with Gasteiger partial charge in [0.1, 0.15) is 0 Å². The number of rotatable bonds is 3.